The summed E-state index contributed by atoms with van der Waals surface area (Å²) in [6, 6.07) is 10.4. The van der Waals surface area contributed by atoms with Gasteiger partial charge in [-0.1, -0.05) is 0 Å². The molecule has 2 aliphatic heterocycles. The number of likely N-dealkylation sites (tertiary alicyclic amines) is 2. The van der Waals surface area contributed by atoms with Crippen LogP contribution in [0.5, 0.6) is 0 Å². The first-order chi connectivity index (χ1) is 18.5. The van der Waals surface area contributed by atoms with E-state index in [9.17, 15) is 14.4 Å². The van der Waals surface area contributed by atoms with E-state index in [-0.39, 0.29) is 23.1 Å². The van der Waals surface area contributed by atoms with Crippen molar-refractivity contribution in [2.24, 2.45) is 0 Å². The second-order valence-corrected chi connectivity index (χ2v) is 9.93. The Balaban J connectivity index is 1.12. The highest BCUT2D eigenvalue weighted by Crippen LogP contribution is 2.37. The average Bonchev–Trinajstić information content (AvgIpc) is 3.60. The molecule has 0 saturated carbocycles. The van der Waals surface area contributed by atoms with Crippen LogP contribution in [0.15, 0.2) is 49.2 Å². The van der Waals surface area contributed by atoms with Gasteiger partial charge in [-0.3, -0.25) is 14.4 Å². The van der Waals surface area contributed by atoms with Gasteiger partial charge in [-0.15, -0.1) is 0 Å². The first-order valence-electron chi connectivity index (χ1n) is 12.4. The first kappa shape index (κ1) is 23.8. The Kier molecular flexibility index (Phi) is 5.86. The summed E-state index contributed by atoms with van der Waals surface area (Å²) in [4.78, 5) is 28.7. The van der Waals surface area contributed by atoms with Gasteiger partial charge in [-0.05, 0) is 37.1 Å². The molecule has 5 heterocycles. The molecule has 3 aromatic heterocycles. The highest BCUT2D eigenvalue weighted by Gasteiger charge is 2.48. The number of piperidine rings is 1. The van der Waals surface area contributed by atoms with Crippen LogP contribution in [0.25, 0.3) is 22.3 Å². The molecule has 1 amide bonds. The number of carbonyl (C=O) groups is 1. The lowest BCUT2D eigenvalue weighted by Crippen LogP contribution is -2.66. The molecule has 190 valence electrons. The van der Waals surface area contributed by atoms with Crippen molar-refractivity contribution < 1.29 is 9.18 Å². The molecule has 0 unspecified atom stereocenters. The highest BCUT2D eigenvalue weighted by molar-refractivity contribution is 5.94. The zero-order valence-corrected chi connectivity index (χ0v) is 20.5. The number of amides is 1. The zero-order valence-electron chi connectivity index (χ0n) is 20.5. The van der Waals surface area contributed by atoms with Crippen molar-refractivity contribution >= 4 is 16.9 Å². The normalized spacial score (nSPS) is 17.6. The molecule has 2 aliphatic rings. The molecule has 0 aliphatic carbocycles. The predicted molar refractivity (Wildman–Crippen MR) is 135 cm³/mol. The van der Waals surface area contributed by atoms with Crippen LogP contribution < -0.4 is 0 Å². The fourth-order valence-electron chi connectivity index (χ4n) is 5.62. The standard InChI is InChI=1S/C27H24FN9O/c28-23-11-18(12-30)1-2-21(23)26(38)35-9-4-20(5-10-35)36-15-27(16-36,6-7-29)37-14-19(13-34-37)24-22-3-8-31-25(22)33-17-32-24/h1-3,8,11,13-14,17,20H,4-6,9-10,15-16H2,(H,31,32,33). The van der Waals surface area contributed by atoms with Gasteiger partial charge in [-0.2, -0.15) is 15.6 Å². The second kappa shape index (κ2) is 9.36. The fraction of sp³-hybridized carbons (Fsp3) is 0.333. The number of hydrogen-bond donors (Lipinski definition) is 1. The molecule has 11 heteroatoms. The minimum atomic E-state index is -0.669. The minimum Gasteiger partial charge on any atom is -0.346 e. The van der Waals surface area contributed by atoms with E-state index in [1.54, 1.807) is 11.1 Å². The Labute approximate surface area is 217 Å². The minimum absolute atomic E-state index is 0.00507. The molecular formula is C27H24FN9O. The largest absolute Gasteiger partial charge is 0.346 e. The van der Waals surface area contributed by atoms with E-state index in [1.165, 1.54) is 18.5 Å². The van der Waals surface area contributed by atoms with Gasteiger partial charge in [0.15, 0.2) is 0 Å². The van der Waals surface area contributed by atoms with Crippen LogP contribution in [0.4, 0.5) is 4.39 Å². The first-order valence-corrected chi connectivity index (χ1v) is 12.4. The Morgan fingerprint density at radius 3 is 2.74 bits per heavy atom. The van der Waals surface area contributed by atoms with Crippen LogP contribution in [-0.2, 0) is 5.54 Å². The molecule has 4 aromatic rings. The van der Waals surface area contributed by atoms with Gasteiger partial charge in [-0.25, -0.2) is 14.4 Å². The van der Waals surface area contributed by atoms with Crippen LogP contribution in [-0.4, -0.2) is 72.7 Å². The summed E-state index contributed by atoms with van der Waals surface area (Å²) in [6.07, 6.45) is 8.96. The summed E-state index contributed by atoms with van der Waals surface area (Å²) in [5.41, 5.74) is 2.19. The van der Waals surface area contributed by atoms with E-state index in [0.29, 0.717) is 32.6 Å². The zero-order chi connectivity index (χ0) is 26.3. The van der Waals surface area contributed by atoms with Crippen molar-refractivity contribution in [1.82, 2.24) is 34.5 Å². The van der Waals surface area contributed by atoms with Gasteiger partial charge >= 0.3 is 0 Å². The number of aromatic nitrogens is 5. The number of aromatic amines is 1. The van der Waals surface area contributed by atoms with E-state index >= 15 is 0 Å². The Bertz CT molecular complexity index is 1600. The maximum absolute atomic E-state index is 14.4. The smallest absolute Gasteiger partial charge is 0.256 e. The number of halogens is 1. The Hall–Kier alpha value is -4.61. The van der Waals surface area contributed by atoms with E-state index in [1.807, 2.05) is 29.2 Å². The van der Waals surface area contributed by atoms with E-state index in [0.717, 1.165) is 41.2 Å². The maximum atomic E-state index is 14.4. The number of nitrogens with one attached hydrogen (secondary N) is 1. The third-order valence-electron chi connectivity index (χ3n) is 7.70. The lowest BCUT2D eigenvalue weighted by Gasteiger charge is -2.53. The topological polar surface area (TPSA) is 131 Å². The van der Waals surface area contributed by atoms with Gasteiger partial charge < -0.3 is 9.88 Å². The van der Waals surface area contributed by atoms with Crippen molar-refractivity contribution in [3.05, 3.63) is 66.1 Å². The summed E-state index contributed by atoms with van der Waals surface area (Å²) in [6.45, 7) is 2.43. The molecule has 0 bridgehead atoms. The van der Waals surface area contributed by atoms with Crippen molar-refractivity contribution in [1.29, 1.82) is 10.5 Å². The molecule has 1 N–H and O–H groups in total. The van der Waals surface area contributed by atoms with Crippen LogP contribution in [0, 0.1) is 28.5 Å². The number of nitrogens with zero attached hydrogens (tertiary/aromatic N) is 8. The van der Waals surface area contributed by atoms with Gasteiger partial charge in [0.25, 0.3) is 5.91 Å². The van der Waals surface area contributed by atoms with Crippen LogP contribution in [0.1, 0.15) is 35.2 Å². The van der Waals surface area contributed by atoms with Crippen molar-refractivity contribution in [2.75, 3.05) is 26.2 Å². The van der Waals surface area contributed by atoms with Crippen LogP contribution in [0.3, 0.4) is 0 Å². The SMILES string of the molecule is N#CCC1(n2cc(-c3ncnc4[nH]ccc34)cn2)CN(C2CCN(C(=O)c3ccc(C#N)cc3F)CC2)C1. The molecule has 38 heavy (non-hydrogen) atoms. The quantitative estimate of drug-likeness (QED) is 0.437. The second-order valence-electron chi connectivity index (χ2n) is 9.93. The van der Waals surface area contributed by atoms with Crippen LogP contribution in [0.2, 0.25) is 0 Å². The summed E-state index contributed by atoms with van der Waals surface area (Å²) < 4.78 is 16.2. The molecule has 1 aromatic carbocycles. The Morgan fingerprint density at radius 2 is 2.00 bits per heavy atom. The van der Waals surface area contributed by atoms with Gasteiger partial charge in [0.1, 0.15) is 23.3 Å². The lowest BCUT2D eigenvalue weighted by atomic mass is 9.83. The monoisotopic (exact) mass is 509 g/mol. The average molecular weight is 510 g/mol. The lowest BCUT2D eigenvalue weighted by molar-refractivity contribution is -0.0412. The van der Waals surface area contributed by atoms with Gasteiger partial charge in [0.2, 0.25) is 0 Å². The molecule has 2 fully saturated rings. The molecule has 6 rings (SSSR count). The number of carbonyl (C=O) groups excluding carboxylic acids is 1. The molecule has 0 radical (unpaired) electrons. The molecule has 0 spiro atoms. The maximum Gasteiger partial charge on any atom is 0.256 e. The van der Waals surface area contributed by atoms with E-state index < -0.39 is 11.4 Å². The molecular weight excluding hydrogens is 485 g/mol. The van der Waals surface area contributed by atoms with Crippen molar-refractivity contribution in [3.63, 3.8) is 0 Å². The summed E-state index contributed by atoms with van der Waals surface area (Å²) in [5.74, 6) is -1.02. The van der Waals surface area contributed by atoms with Gasteiger partial charge in [0.05, 0.1) is 41.6 Å². The number of fused-ring (bicyclic) bond motifs is 1. The summed E-state index contributed by atoms with van der Waals surface area (Å²) >= 11 is 0. The number of benzene rings is 1. The number of nitriles is 2. The Morgan fingerprint density at radius 1 is 1.18 bits per heavy atom. The predicted octanol–water partition coefficient (Wildman–Crippen LogP) is 3.06. The third-order valence-corrected chi connectivity index (χ3v) is 7.70. The number of hydrogen-bond acceptors (Lipinski definition) is 7. The van der Waals surface area contributed by atoms with E-state index in [4.69, 9.17) is 5.26 Å². The molecule has 0 atom stereocenters. The molecule has 10 nitrogen and oxygen atoms in total. The highest BCUT2D eigenvalue weighted by atomic mass is 19.1. The van der Waals surface area contributed by atoms with E-state index in [2.05, 4.69) is 31.0 Å². The molecule has 2 saturated heterocycles. The van der Waals surface area contributed by atoms with Crippen molar-refractivity contribution in [3.8, 4) is 23.4 Å². The third kappa shape index (κ3) is 3.98. The summed E-state index contributed by atoms with van der Waals surface area (Å²) in [5, 5.41) is 24.1. The van der Waals surface area contributed by atoms with Gasteiger partial charge in [0, 0.05) is 55.6 Å². The number of rotatable bonds is 5. The fourth-order valence-corrected chi connectivity index (χ4v) is 5.62. The number of H-pyrrole nitrogens is 1. The van der Waals surface area contributed by atoms with Crippen molar-refractivity contribution in [2.45, 2.75) is 30.8 Å². The summed E-state index contributed by atoms with van der Waals surface area (Å²) in [7, 11) is 0. The van der Waals surface area contributed by atoms with Crippen LogP contribution >= 0.6 is 0 Å².